The topological polar surface area (TPSA) is 147 Å². The third-order valence-corrected chi connectivity index (χ3v) is 10.1. The Hall–Kier alpha value is -3.22. The highest BCUT2D eigenvalue weighted by atomic mass is 32.2. The van der Waals surface area contributed by atoms with Crippen LogP contribution in [0.3, 0.4) is 0 Å². The molecular weight excluding hydrogens is 544 g/mol. The Morgan fingerprint density at radius 1 is 1.07 bits per heavy atom. The number of Topliss-reactive ketones (excluding diaryl/α,β-unsaturated/α-hetero) is 1. The number of ketones is 1. The van der Waals surface area contributed by atoms with Gasteiger partial charge < -0.3 is 15.3 Å². The molecule has 2 fully saturated rings. The molecule has 0 unspecified atom stereocenters. The van der Waals surface area contributed by atoms with Crippen LogP contribution in [0.25, 0.3) is 11.0 Å². The summed E-state index contributed by atoms with van der Waals surface area (Å²) < 4.78 is 25.5. The van der Waals surface area contributed by atoms with Crippen LogP contribution in [-0.4, -0.2) is 81.5 Å². The van der Waals surface area contributed by atoms with E-state index in [4.69, 9.17) is 10.1 Å². The van der Waals surface area contributed by atoms with Crippen molar-refractivity contribution in [3.05, 3.63) is 51.6 Å². The van der Waals surface area contributed by atoms with Crippen molar-refractivity contribution >= 4 is 38.4 Å². The maximum absolute atomic E-state index is 13.4. The minimum absolute atomic E-state index is 0.0141. The van der Waals surface area contributed by atoms with Gasteiger partial charge in [-0.25, -0.2) is 18.4 Å². The number of hydrogen-bond donors (Lipinski definition) is 2. The van der Waals surface area contributed by atoms with E-state index in [1.54, 1.807) is 17.7 Å². The molecule has 5 rings (SSSR count). The number of carbonyl (C=O) groups is 1. The summed E-state index contributed by atoms with van der Waals surface area (Å²) in [6.07, 6.45) is 9.21. The van der Waals surface area contributed by atoms with E-state index in [0.29, 0.717) is 40.8 Å². The average Bonchev–Trinajstić information content (AvgIpc) is 3.47. The number of fused-ring (bicyclic) bond motifs is 1. The molecule has 2 N–H and O–H groups in total. The smallest absolute Gasteiger partial charge is 0.263 e. The number of piperidine rings is 1. The lowest BCUT2D eigenvalue weighted by atomic mass is 9.90. The lowest BCUT2D eigenvalue weighted by Crippen LogP contribution is -2.36. The van der Waals surface area contributed by atoms with E-state index >= 15 is 0 Å². The second kappa shape index (κ2) is 12.3. The Bertz CT molecular complexity index is 1570. The molecule has 220 valence electrons. The lowest BCUT2D eigenvalue weighted by molar-refractivity contribution is 0.101. The van der Waals surface area contributed by atoms with Gasteiger partial charge >= 0.3 is 0 Å². The number of sulfone groups is 1. The van der Waals surface area contributed by atoms with Crippen molar-refractivity contribution in [3.8, 4) is 0 Å². The number of pyridine rings is 2. The molecule has 0 radical (unpaired) electrons. The standard InChI is InChI=1S/C29H38N6O5S/c1-19-24-18-31-29(33-27(24)35(23-5-3-4-6-23)28(38)26(19)20(2)37)32-25-8-7-22(17-30-25)21-9-11-34(12-10-21)13-15-41(39,40)16-14-36/h7-8,17-18,21,23,36H,3-6,9-16H2,1-2H3,(H,30,31,32,33). The van der Waals surface area contributed by atoms with Gasteiger partial charge in [0.05, 0.1) is 23.7 Å². The van der Waals surface area contributed by atoms with E-state index in [-0.39, 0.29) is 41.1 Å². The maximum atomic E-state index is 13.4. The molecule has 0 amide bonds. The number of aromatic nitrogens is 4. The second-order valence-corrected chi connectivity index (χ2v) is 13.5. The fourth-order valence-corrected chi connectivity index (χ4v) is 7.16. The molecule has 12 heteroatoms. The summed E-state index contributed by atoms with van der Waals surface area (Å²) in [5.74, 6) is 0.920. The molecule has 1 aliphatic heterocycles. The average molecular weight is 583 g/mol. The molecule has 1 aliphatic carbocycles. The van der Waals surface area contributed by atoms with Gasteiger partial charge in [-0.2, -0.15) is 4.98 Å². The zero-order valence-electron chi connectivity index (χ0n) is 23.7. The summed E-state index contributed by atoms with van der Waals surface area (Å²) in [6.45, 7) is 5.00. The van der Waals surface area contributed by atoms with Crippen LogP contribution in [0.15, 0.2) is 29.3 Å². The van der Waals surface area contributed by atoms with Crippen LogP contribution >= 0.6 is 0 Å². The first kappa shape index (κ1) is 29.3. The van der Waals surface area contributed by atoms with Crippen LogP contribution in [0, 0.1) is 6.92 Å². The molecule has 41 heavy (non-hydrogen) atoms. The first-order valence-corrected chi connectivity index (χ1v) is 16.2. The summed E-state index contributed by atoms with van der Waals surface area (Å²) in [4.78, 5) is 41.7. The van der Waals surface area contributed by atoms with E-state index in [1.165, 1.54) is 6.92 Å². The lowest BCUT2D eigenvalue weighted by Gasteiger charge is -2.32. The number of carbonyl (C=O) groups excluding carboxylic acids is 1. The SMILES string of the molecule is CC(=O)c1c(C)c2cnc(Nc3ccc(C4CCN(CCS(=O)(=O)CCO)CC4)cn3)nc2n(C2CCCC2)c1=O. The second-order valence-electron chi connectivity index (χ2n) is 11.2. The predicted octanol–water partition coefficient (Wildman–Crippen LogP) is 3.14. The summed E-state index contributed by atoms with van der Waals surface area (Å²) in [5.41, 5.74) is 2.21. The zero-order chi connectivity index (χ0) is 29.1. The van der Waals surface area contributed by atoms with Crippen LogP contribution in [0.4, 0.5) is 11.8 Å². The zero-order valence-corrected chi connectivity index (χ0v) is 24.5. The van der Waals surface area contributed by atoms with Gasteiger partial charge in [0, 0.05) is 30.4 Å². The fraction of sp³-hybridized carbons (Fsp3) is 0.552. The third-order valence-electron chi connectivity index (χ3n) is 8.46. The number of likely N-dealkylation sites (tertiary alicyclic amines) is 1. The fourth-order valence-electron chi connectivity index (χ4n) is 6.14. The van der Waals surface area contributed by atoms with Gasteiger partial charge in [-0.3, -0.25) is 14.2 Å². The highest BCUT2D eigenvalue weighted by molar-refractivity contribution is 7.91. The monoisotopic (exact) mass is 582 g/mol. The number of nitrogens with one attached hydrogen (secondary N) is 1. The first-order valence-electron chi connectivity index (χ1n) is 14.4. The van der Waals surface area contributed by atoms with Crippen molar-refractivity contribution < 1.29 is 18.3 Å². The number of hydrogen-bond acceptors (Lipinski definition) is 10. The van der Waals surface area contributed by atoms with E-state index < -0.39 is 9.84 Å². The molecule has 0 bridgehead atoms. The maximum Gasteiger partial charge on any atom is 0.263 e. The van der Waals surface area contributed by atoms with E-state index in [9.17, 15) is 18.0 Å². The highest BCUT2D eigenvalue weighted by Gasteiger charge is 2.26. The van der Waals surface area contributed by atoms with Crippen molar-refractivity contribution in [1.29, 1.82) is 0 Å². The molecule has 3 aromatic rings. The Morgan fingerprint density at radius 3 is 2.44 bits per heavy atom. The van der Waals surface area contributed by atoms with Gasteiger partial charge in [-0.15, -0.1) is 0 Å². The quantitative estimate of drug-likeness (QED) is 0.342. The summed E-state index contributed by atoms with van der Waals surface area (Å²) in [5, 5.41) is 12.8. The van der Waals surface area contributed by atoms with Crippen LogP contribution < -0.4 is 10.9 Å². The molecule has 0 aromatic carbocycles. The third kappa shape index (κ3) is 6.49. The molecule has 11 nitrogen and oxygen atoms in total. The van der Waals surface area contributed by atoms with Crippen molar-refractivity contribution in [3.63, 3.8) is 0 Å². The normalized spacial score (nSPS) is 17.3. The molecule has 3 aromatic heterocycles. The number of aliphatic hydroxyl groups is 1. The molecule has 2 aliphatic rings. The predicted molar refractivity (Wildman–Crippen MR) is 158 cm³/mol. The van der Waals surface area contributed by atoms with Gasteiger partial charge in [0.15, 0.2) is 15.6 Å². The molecule has 0 atom stereocenters. The Morgan fingerprint density at radius 2 is 1.80 bits per heavy atom. The van der Waals surface area contributed by atoms with Gasteiger partial charge in [0.25, 0.3) is 5.56 Å². The van der Waals surface area contributed by atoms with Crippen LogP contribution in [0.2, 0.25) is 0 Å². The van der Waals surface area contributed by atoms with E-state index in [1.807, 2.05) is 18.3 Å². The van der Waals surface area contributed by atoms with Gasteiger partial charge in [-0.05, 0) is 75.7 Å². The summed E-state index contributed by atoms with van der Waals surface area (Å²) >= 11 is 0. The first-order chi connectivity index (χ1) is 19.7. The minimum Gasteiger partial charge on any atom is -0.395 e. The van der Waals surface area contributed by atoms with Crippen molar-refractivity contribution in [2.45, 2.75) is 64.3 Å². The number of aliphatic hydroxyl groups excluding tert-OH is 1. The Labute approximate surface area is 240 Å². The minimum atomic E-state index is -3.21. The number of nitrogens with zero attached hydrogens (tertiary/aromatic N) is 5. The highest BCUT2D eigenvalue weighted by Crippen LogP contribution is 2.32. The largest absolute Gasteiger partial charge is 0.395 e. The van der Waals surface area contributed by atoms with Gasteiger partial charge in [0.2, 0.25) is 5.95 Å². The Balaban J connectivity index is 1.29. The summed E-state index contributed by atoms with van der Waals surface area (Å²) in [6, 6.07) is 3.95. The van der Waals surface area contributed by atoms with Gasteiger partial charge in [0.1, 0.15) is 11.5 Å². The number of rotatable bonds is 10. The molecule has 1 saturated heterocycles. The molecular formula is C29H38N6O5S. The van der Waals surface area contributed by atoms with Crippen molar-refractivity contribution in [1.82, 2.24) is 24.4 Å². The molecule has 0 spiro atoms. The van der Waals surface area contributed by atoms with Crippen molar-refractivity contribution in [2.75, 3.05) is 43.1 Å². The van der Waals surface area contributed by atoms with Gasteiger partial charge in [-0.1, -0.05) is 18.9 Å². The van der Waals surface area contributed by atoms with Crippen LogP contribution in [-0.2, 0) is 9.84 Å². The molecule has 4 heterocycles. The number of aryl methyl sites for hydroxylation is 1. The Kier molecular flexibility index (Phi) is 8.81. The van der Waals surface area contributed by atoms with Crippen LogP contribution in [0.5, 0.6) is 0 Å². The van der Waals surface area contributed by atoms with E-state index in [2.05, 4.69) is 20.2 Å². The van der Waals surface area contributed by atoms with E-state index in [0.717, 1.165) is 57.2 Å². The van der Waals surface area contributed by atoms with Crippen molar-refractivity contribution in [2.24, 2.45) is 0 Å². The number of anilines is 2. The molecule has 1 saturated carbocycles. The van der Waals surface area contributed by atoms with Crippen LogP contribution in [0.1, 0.15) is 78.9 Å². The summed E-state index contributed by atoms with van der Waals surface area (Å²) in [7, 11) is -3.21.